The molecule has 2 atom stereocenters. The van der Waals surface area contributed by atoms with Gasteiger partial charge in [0.15, 0.2) is 0 Å². The Morgan fingerprint density at radius 1 is 0.875 bits per heavy atom. The molecule has 0 nitrogen and oxygen atoms in total. The van der Waals surface area contributed by atoms with Crippen LogP contribution in [0.4, 0.5) is 0 Å². The van der Waals surface area contributed by atoms with Crippen molar-refractivity contribution in [2.24, 2.45) is 11.8 Å². The highest BCUT2D eigenvalue weighted by Crippen LogP contribution is 2.16. The molecule has 0 heterocycles. The molecule has 0 N–H and O–H groups in total. The highest BCUT2D eigenvalue weighted by atomic mass is 14.1. The molecule has 1 aliphatic rings. The molecule has 2 unspecified atom stereocenters. The van der Waals surface area contributed by atoms with Gasteiger partial charge in [0.25, 0.3) is 0 Å². The maximum absolute atomic E-state index is 2.24. The highest BCUT2D eigenvalue weighted by Gasteiger charge is 2.05. The summed E-state index contributed by atoms with van der Waals surface area (Å²) in [5.74, 6) is 1.47. The third kappa shape index (κ3) is 1.00. The van der Waals surface area contributed by atoms with Crippen molar-refractivity contribution in [1.29, 1.82) is 0 Å². The maximum atomic E-state index is 2.24. The van der Waals surface area contributed by atoms with Crippen molar-refractivity contribution in [3.63, 3.8) is 0 Å². The molecule has 1 aliphatic carbocycles. The van der Waals surface area contributed by atoms with Crippen LogP contribution in [-0.4, -0.2) is 0 Å². The van der Waals surface area contributed by atoms with Crippen LogP contribution in [0.25, 0.3) is 0 Å². The quantitative estimate of drug-likeness (QED) is 0.447. The molecule has 8 heavy (non-hydrogen) atoms. The number of hydrogen-bond donors (Lipinski definition) is 0. The van der Waals surface area contributed by atoms with Crippen molar-refractivity contribution < 1.29 is 0 Å². The molecular formula is C8H12. The Hall–Kier alpha value is -0.520. The van der Waals surface area contributed by atoms with Crippen molar-refractivity contribution in [2.45, 2.75) is 13.8 Å². The molecule has 0 aromatic carbocycles. The summed E-state index contributed by atoms with van der Waals surface area (Å²) >= 11 is 0. The minimum Gasteiger partial charge on any atom is -0.0811 e. The summed E-state index contributed by atoms with van der Waals surface area (Å²) in [6.07, 6.45) is 8.71. The smallest absolute Gasteiger partial charge is 0.0198 e. The maximum Gasteiger partial charge on any atom is -0.0198 e. The molecule has 44 valence electrons. The third-order valence-electron chi connectivity index (χ3n) is 1.77. The molecule has 0 heteroatoms. The first-order valence-electron chi connectivity index (χ1n) is 3.15. The summed E-state index contributed by atoms with van der Waals surface area (Å²) in [5.41, 5.74) is 0. The predicted molar refractivity (Wildman–Crippen MR) is 36.6 cm³/mol. The summed E-state index contributed by atoms with van der Waals surface area (Å²) in [6, 6.07) is 0. The lowest BCUT2D eigenvalue weighted by molar-refractivity contribution is 0.552. The first kappa shape index (κ1) is 5.61. The van der Waals surface area contributed by atoms with Gasteiger partial charge in [0.05, 0.1) is 0 Å². The zero-order chi connectivity index (χ0) is 5.98. The Morgan fingerprint density at radius 3 is 1.50 bits per heavy atom. The van der Waals surface area contributed by atoms with Crippen molar-refractivity contribution in [1.82, 2.24) is 0 Å². The van der Waals surface area contributed by atoms with Crippen LogP contribution in [0.1, 0.15) is 13.8 Å². The Labute approximate surface area is 50.9 Å². The lowest BCUT2D eigenvalue weighted by Crippen LogP contribution is -2.03. The Kier molecular flexibility index (Phi) is 1.52. The Morgan fingerprint density at radius 2 is 1.25 bits per heavy atom. The van der Waals surface area contributed by atoms with Crippen molar-refractivity contribution in [3.8, 4) is 0 Å². The lowest BCUT2D eigenvalue weighted by Gasteiger charge is -2.13. The van der Waals surface area contributed by atoms with E-state index in [0.717, 1.165) is 11.8 Å². The average molecular weight is 108 g/mol. The molecule has 0 saturated carbocycles. The molecular weight excluding hydrogens is 96.1 g/mol. The second-order valence-electron chi connectivity index (χ2n) is 2.49. The van der Waals surface area contributed by atoms with E-state index in [-0.39, 0.29) is 0 Å². The molecule has 0 amide bonds. The first-order chi connectivity index (χ1) is 3.80. The van der Waals surface area contributed by atoms with E-state index >= 15 is 0 Å². The Bertz CT molecular complexity index is 104. The SMILES string of the molecule is CC1C=CC=CC1C. The van der Waals surface area contributed by atoms with Gasteiger partial charge in [0.2, 0.25) is 0 Å². The topological polar surface area (TPSA) is 0 Å². The zero-order valence-electron chi connectivity index (χ0n) is 5.46. The molecule has 0 aliphatic heterocycles. The second-order valence-corrected chi connectivity index (χ2v) is 2.49. The summed E-state index contributed by atoms with van der Waals surface area (Å²) in [6.45, 7) is 4.48. The van der Waals surface area contributed by atoms with Crippen molar-refractivity contribution in [2.75, 3.05) is 0 Å². The van der Waals surface area contributed by atoms with Crippen LogP contribution in [0.3, 0.4) is 0 Å². The van der Waals surface area contributed by atoms with Gasteiger partial charge in [-0.3, -0.25) is 0 Å². The van der Waals surface area contributed by atoms with Crippen LogP contribution in [0.2, 0.25) is 0 Å². The van der Waals surface area contributed by atoms with Crippen molar-refractivity contribution >= 4 is 0 Å². The zero-order valence-corrected chi connectivity index (χ0v) is 5.46. The van der Waals surface area contributed by atoms with Gasteiger partial charge in [-0.25, -0.2) is 0 Å². The van der Waals surface area contributed by atoms with E-state index < -0.39 is 0 Å². The van der Waals surface area contributed by atoms with Crippen LogP contribution in [-0.2, 0) is 0 Å². The summed E-state index contributed by atoms with van der Waals surface area (Å²) in [4.78, 5) is 0. The van der Waals surface area contributed by atoms with E-state index in [1.807, 2.05) is 0 Å². The normalized spacial score (nSPS) is 35.8. The molecule has 0 saturated heterocycles. The molecule has 0 radical (unpaired) electrons. The van der Waals surface area contributed by atoms with Gasteiger partial charge < -0.3 is 0 Å². The van der Waals surface area contributed by atoms with Gasteiger partial charge in [0.1, 0.15) is 0 Å². The van der Waals surface area contributed by atoms with Gasteiger partial charge in [0, 0.05) is 0 Å². The van der Waals surface area contributed by atoms with E-state index in [4.69, 9.17) is 0 Å². The van der Waals surface area contributed by atoms with E-state index in [9.17, 15) is 0 Å². The second kappa shape index (κ2) is 2.17. The summed E-state index contributed by atoms with van der Waals surface area (Å²) in [7, 11) is 0. The summed E-state index contributed by atoms with van der Waals surface area (Å²) < 4.78 is 0. The van der Waals surface area contributed by atoms with Gasteiger partial charge >= 0.3 is 0 Å². The molecule has 0 bridgehead atoms. The third-order valence-corrected chi connectivity index (χ3v) is 1.77. The van der Waals surface area contributed by atoms with Gasteiger partial charge in [-0.2, -0.15) is 0 Å². The van der Waals surface area contributed by atoms with E-state index in [2.05, 4.69) is 38.2 Å². The van der Waals surface area contributed by atoms with Crippen LogP contribution >= 0.6 is 0 Å². The van der Waals surface area contributed by atoms with E-state index in [1.165, 1.54) is 0 Å². The molecule has 0 fully saturated rings. The largest absolute Gasteiger partial charge is 0.0811 e. The average Bonchev–Trinajstić information content (AvgIpc) is 1.77. The van der Waals surface area contributed by atoms with Gasteiger partial charge in [-0.15, -0.1) is 0 Å². The number of hydrogen-bond acceptors (Lipinski definition) is 0. The fourth-order valence-electron chi connectivity index (χ4n) is 0.829. The highest BCUT2D eigenvalue weighted by molar-refractivity contribution is 5.12. The molecule has 0 aromatic rings. The minimum absolute atomic E-state index is 0.736. The van der Waals surface area contributed by atoms with Crippen molar-refractivity contribution in [3.05, 3.63) is 24.3 Å². The molecule has 0 spiro atoms. The lowest BCUT2D eigenvalue weighted by atomic mass is 9.92. The van der Waals surface area contributed by atoms with E-state index in [1.54, 1.807) is 0 Å². The van der Waals surface area contributed by atoms with Gasteiger partial charge in [-0.05, 0) is 11.8 Å². The van der Waals surface area contributed by atoms with Gasteiger partial charge in [-0.1, -0.05) is 38.2 Å². The summed E-state index contributed by atoms with van der Waals surface area (Å²) in [5, 5.41) is 0. The standard InChI is InChI=1S/C8H12/c1-7-5-3-4-6-8(7)2/h3-8H,1-2H3. The Balaban J connectivity index is 2.59. The first-order valence-corrected chi connectivity index (χ1v) is 3.15. The monoisotopic (exact) mass is 108 g/mol. The van der Waals surface area contributed by atoms with Crippen LogP contribution < -0.4 is 0 Å². The van der Waals surface area contributed by atoms with Crippen LogP contribution in [0.5, 0.6) is 0 Å². The van der Waals surface area contributed by atoms with E-state index in [0.29, 0.717) is 0 Å². The number of allylic oxidation sites excluding steroid dienone is 4. The fraction of sp³-hybridized carbons (Fsp3) is 0.500. The molecule has 1 rings (SSSR count). The predicted octanol–water partition coefficient (Wildman–Crippen LogP) is 2.38. The minimum atomic E-state index is 0.736. The fourth-order valence-corrected chi connectivity index (χ4v) is 0.829. The van der Waals surface area contributed by atoms with Crippen LogP contribution in [0.15, 0.2) is 24.3 Å². The van der Waals surface area contributed by atoms with Crippen LogP contribution in [0, 0.1) is 11.8 Å². The molecule has 0 aromatic heterocycles. The number of rotatable bonds is 0.